The van der Waals surface area contributed by atoms with Crippen molar-refractivity contribution < 1.29 is 31.5 Å². The van der Waals surface area contributed by atoms with Gasteiger partial charge >= 0.3 is 12.7 Å². The van der Waals surface area contributed by atoms with Gasteiger partial charge in [-0.1, -0.05) is 11.6 Å². The Hall–Kier alpha value is -3.74. The predicted molar refractivity (Wildman–Crippen MR) is 138 cm³/mol. The normalized spacial score (nSPS) is 19.8. The van der Waals surface area contributed by atoms with E-state index in [9.17, 15) is 36.3 Å². The molecular weight excluding hydrogens is 573 g/mol. The zero-order valence-corrected chi connectivity index (χ0v) is 22.9. The minimum Gasteiger partial charge on any atom is -0.331 e. The van der Waals surface area contributed by atoms with E-state index >= 15 is 0 Å². The molecule has 0 saturated carbocycles. The summed E-state index contributed by atoms with van der Waals surface area (Å²) in [6.07, 6.45) is -3.48. The monoisotopic (exact) mass is 597 g/mol. The Labute approximate surface area is 235 Å². The lowest BCUT2D eigenvalue weighted by atomic mass is 9.96. The number of halogens is 6. The molecule has 2 aromatic heterocycles. The van der Waals surface area contributed by atoms with Gasteiger partial charge in [-0.15, -0.1) is 0 Å². The van der Waals surface area contributed by atoms with Crippen molar-refractivity contribution >= 4 is 23.4 Å². The van der Waals surface area contributed by atoms with Crippen LogP contribution in [-0.2, 0) is 19.1 Å². The molecule has 0 N–H and O–H groups in total. The maximum absolute atomic E-state index is 13.8. The van der Waals surface area contributed by atoms with Crippen LogP contribution in [0.3, 0.4) is 0 Å². The van der Waals surface area contributed by atoms with Gasteiger partial charge in [-0.3, -0.25) is 23.6 Å². The highest BCUT2D eigenvalue weighted by Gasteiger charge is 2.41. The Morgan fingerprint density at radius 3 is 2.44 bits per heavy atom. The summed E-state index contributed by atoms with van der Waals surface area (Å²) >= 11 is 5.73. The van der Waals surface area contributed by atoms with Gasteiger partial charge in [-0.05, 0) is 50.6 Å². The van der Waals surface area contributed by atoms with Gasteiger partial charge in [-0.25, -0.2) is 0 Å². The number of aromatic nitrogens is 3. The summed E-state index contributed by atoms with van der Waals surface area (Å²) in [5, 5.41) is 4.12. The molecule has 4 heterocycles. The van der Waals surface area contributed by atoms with Crippen molar-refractivity contribution in [2.75, 3.05) is 6.54 Å². The third kappa shape index (κ3) is 5.00. The molecule has 3 atom stereocenters. The van der Waals surface area contributed by atoms with Crippen LogP contribution in [0, 0.1) is 0 Å². The van der Waals surface area contributed by atoms with E-state index in [-0.39, 0.29) is 41.4 Å². The lowest BCUT2D eigenvalue weighted by molar-refractivity contribution is -0.137. The van der Waals surface area contributed by atoms with Crippen LogP contribution in [0.2, 0.25) is 5.02 Å². The number of alkyl halides is 5. The number of hydrogen-bond acceptors (Lipinski definition) is 4. The quantitative estimate of drug-likeness (QED) is 0.373. The maximum Gasteiger partial charge on any atom is 0.417 e. The van der Waals surface area contributed by atoms with Crippen molar-refractivity contribution in [3.63, 3.8) is 0 Å². The molecule has 0 radical (unpaired) electrons. The Morgan fingerprint density at radius 2 is 1.80 bits per heavy atom. The largest absolute Gasteiger partial charge is 0.417 e. The zero-order valence-electron chi connectivity index (χ0n) is 22.1. The van der Waals surface area contributed by atoms with E-state index in [4.69, 9.17) is 11.6 Å². The van der Waals surface area contributed by atoms with Gasteiger partial charge in [0.2, 0.25) is 0 Å². The fraction of sp³-hybridized carbons (Fsp3) is 0.407. The fourth-order valence-electron chi connectivity index (χ4n) is 5.44. The smallest absolute Gasteiger partial charge is 0.331 e. The average molecular weight is 598 g/mol. The van der Waals surface area contributed by atoms with E-state index in [1.807, 2.05) is 6.92 Å². The second kappa shape index (κ2) is 10.3. The molecule has 2 aliphatic heterocycles. The first kappa shape index (κ1) is 28.8. The van der Waals surface area contributed by atoms with E-state index in [0.29, 0.717) is 16.8 Å². The molecule has 2 amide bonds. The summed E-state index contributed by atoms with van der Waals surface area (Å²) < 4.78 is 68.2. The number of benzene rings is 1. The number of fused-ring (bicyclic) bond motifs is 3. The molecule has 0 bridgehead atoms. The SMILES string of the molecule is CC(c1ccn(C(F)F)c(=O)c1)N1C[C@@H](C)n2nc3c(c2C1=O)CN(C(=O)c1ccc(Cl)c(C(F)(F)F)c1)[C@H](C)C3. The molecule has 3 aromatic rings. The Bertz CT molecular complexity index is 1600. The van der Waals surface area contributed by atoms with Crippen LogP contribution in [0.25, 0.3) is 0 Å². The summed E-state index contributed by atoms with van der Waals surface area (Å²) in [5.41, 5.74) is -0.490. The number of carbonyl (C=O) groups excluding carboxylic acids is 2. The van der Waals surface area contributed by atoms with E-state index in [2.05, 4.69) is 5.10 Å². The summed E-state index contributed by atoms with van der Waals surface area (Å²) in [4.78, 5) is 42.3. The number of rotatable bonds is 4. The van der Waals surface area contributed by atoms with Gasteiger partial charge < -0.3 is 9.80 Å². The van der Waals surface area contributed by atoms with Crippen LogP contribution >= 0.6 is 11.6 Å². The summed E-state index contributed by atoms with van der Waals surface area (Å²) in [6, 6.07) is 4.07. The number of nitrogens with zero attached hydrogens (tertiary/aromatic N) is 5. The lowest BCUT2D eigenvalue weighted by Gasteiger charge is -2.37. The molecule has 14 heteroatoms. The van der Waals surface area contributed by atoms with E-state index < -0.39 is 52.8 Å². The highest BCUT2D eigenvalue weighted by Crippen LogP contribution is 2.37. The van der Waals surface area contributed by atoms with Crippen molar-refractivity contribution in [3.8, 4) is 0 Å². The molecule has 0 fully saturated rings. The van der Waals surface area contributed by atoms with Gasteiger partial charge in [0.05, 0.1) is 34.9 Å². The van der Waals surface area contributed by atoms with Crippen LogP contribution in [0.15, 0.2) is 41.3 Å². The molecule has 41 heavy (non-hydrogen) atoms. The number of carbonyl (C=O) groups is 2. The summed E-state index contributed by atoms with van der Waals surface area (Å²) in [5.74, 6) is -1.07. The van der Waals surface area contributed by atoms with Crippen molar-refractivity contribution in [3.05, 3.63) is 85.5 Å². The summed E-state index contributed by atoms with van der Waals surface area (Å²) in [7, 11) is 0. The molecule has 1 unspecified atom stereocenters. The number of pyridine rings is 1. The Kier molecular flexibility index (Phi) is 7.21. The first-order valence-corrected chi connectivity index (χ1v) is 13.2. The van der Waals surface area contributed by atoms with Gasteiger partial charge in [0.25, 0.3) is 17.4 Å². The maximum atomic E-state index is 13.8. The topological polar surface area (TPSA) is 80.4 Å². The Morgan fingerprint density at radius 1 is 1.10 bits per heavy atom. The minimum absolute atomic E-state index is 0.0558. The van der Waals surface area contributed by atoms with E-state index in [1.165, 1.54) is 21.9 Å². The molecule has 2 aliphatic rings. The van der Waals surface area contributed by atoms with Gasteiger partial charge in [0, 0.05) is 42.4 Å². The third-order valence-corrected chi connectivity index (χ3v) is 8.02. The van der Waals surface area contributed by atoms with Crippen molar-refractivity contribution in [2.24, 2.45) is 0 Å². The molecule has 8 nitrogen and oxygen atoms in total. The average Bonchev–Trinajstić information content (AvgIpc) is 3.28. The summed E-state index contributed by atoms with van der Waals surface area (Å²) in [6.45, 7) is 2.46. The van der Waals surface area contributed by atoms with Crippen LogP contribution in [0.4, 0.5) is 22.0 Å². The molecule has 0 spiro atoms. The zero-order chi connectivity index (χ0) is 30.0. The van der Waals surface area contributed by atoms with Crippen molar-refractivity contribution in [1.29, 1.82) is 0 Å². The van der Waals surface area contributed by atoms with Gasteiger partial charge in [0.1, 0.15) is 5.69 Å². The fourth-order valence-corrected chi connectivity index (χ4v) is 5.67. The highest BCUT2D eigenvalue weighted by molar-refractivity contribution is 6.31. The highest BCUT2D eigenvalue weighted by atomic mass is 35.5. The molecule has 0 saturated heterocycles. The van der Waals surface area contributed by atoms with Crippen molar-refractivity contribution in [1.82, 2.24) is 24.1 Å². The first-order valence-electron chi connectivity index (χ1n) is 12.8. The number of amides is 2. The predicted octanol–water partition coefficient (Wildman–Crippen LogP) is 5.48. The van der Waals surface area contributed by atoms with Crippen LogP contribution < -0.4 is 5.56 Å². The van der Waals surface area contributed by atoms with E-state index in [0.717, 1.165) is 24.4 Å². The lowest BCUT2D eigenvalue weighted by Crippen LogP contribution is -2.45. The third-order valence-electron chi connectivity index (χ3n) is 7.69. The Balaban J connectivity index is 1.47. The van der Waals surface area contributed by atoms with E-state index in [1.54, 1.807) is 18.5 Å². The molecule has 5 rings (SSSR count). The standard InChI is InChI=1S/C27H25ClF5N5O3/c1-13-8-21-18(12-36(13)24(40)17-4-5-20(28)19(9-17)27(31,32)33)23-25(41)37(11-14(2)38(23)34-21)15(3)16-6-7-35(26(29)30)22(39)10-16/h4-7,9-10,13-15,26H,8,11-12H2,1-3H3/t13-,14-,15?/m1/s1. The minimum atomic E-state index is -4.74. The second-order valence-electron chi connectivity index (χ2n) is 10.4. The molecule has 0 aliphatic carbocycles. The van der Waals surface area contributed by atoms with Gasteiger partial charge in [-0.2, -0.15) is 27.1 Å². The van der Waals surface area contributed by atoms with Gasteiger partial charge in [0.15, 0.2) is 0 Å². The number of hydrogen-bond donors (Lipinski definition) is 0. The molecule has 1 aromatic carbocycles. The first-order chi connectivity index (χ1) is 19.2. The molecule has 218 valence electrons. The van der Waals surface area contributed by atoms with Crippen molar-refractivity contribution in [2.45, 2.75) is 64.6 Å². The second-order valence-corrected chi connectivity index (χ2v) is 10.8. The van der Waals surface area contributed by atoms with Crippen LogP contribution in [-0.4, -0.2) is 48.5 Å². The van der Waals surface area contributed by atoms with Crippen LogP contribution in [0.5, 0.6) is 0 Å². The van der Waals surface area contributed by atoms with Crippen LogP contribution in [0.1, 0.15) is 82.6 Å². The molecular formula is C27H25ClF5N5O3.